The molecule has 0 aliphatic rings. The molecule has 0 amide bonds. The van der Waals surface area contributed by atoms with E-state index >= 15 is 0 Å². The second-order valence-electron chi connectivity index (χ2n) is 4.46. The van der Waals surface area contributed by atoms with Crippen molar-refractivity contribution < 1.29 is 4.74 Å². The predicted molar refractivity (Wildman–Crippen MR) is 72.6 cm³/mol. The number of methoxy groups -OCH3 is 1. The highest BCUT2D eigenvalue weighted by Gasteiger charge is 2.13. The zero-order valence-electron chi connectivity index (χ0n) is 11.3. The number of hydrogen-bond donors (Lipinski definition) is 1. The molecular formula is C14H19N3O. The van der Waals surface area contributed by atoms with Gasteiger partial charge in [0.25, 0.3) is 0 Å². The molecule has 96 valence electrons. The highest BCUT2D eigenvalue weighted by Crippen LogP contribution is 2.32. The molecule has 0 fully saturated rings. The summed E-state index contributed by atoms with van der Waals surface area (Å²) in [6, 6.07) is 4.19. The molecule has 2 aromatic rings. The first-order chi connectivity index (χ1) is 8.58. The van der Waals surface area contributed by atoms with Gasteiger partial charge in [-0.3, -0.25) is 0 Å². The van der Waals surface area contributed by atoms with E-state index in [1.165, 1.54) is 11.1 Å². The van der Waals surface area contributed by atoms with Gasteiger partial charge in [0.2, 0.25) is 0 Å². The molecule has 18 heavy (non-hydrogen) atoms. The second kappa shape index (κ2) is 4.82. The average molecular weight is 245 g/mol. The van der Waals surface area contributed by atoms with Crippen molar-refractivity contribution in [3.8, 4) is 17.0 Å². The summed E-state index contributed by atoms with van der Waals surface area (Å²) in [6.07, 6.45) is 1.84. The number of nitrogens with two attached hydrogens (primary N) is 1. The van der Waals surface area contributed by atoms with Crippen LogP contribution in [0.3, 0.4) is 0 Å². The molecule has 0 aliphatic carbocycles. The standard InChI is InChI=1S/C14H19N3O/c1-9-5-11(13(18-4)6-10(9)2)12-8-16-14(7-15)17(12)3/h5-6,8H,7,15H2,1-4H3. The number of imidazole rings is 1. The molecule has 0 spiro atoms. The maximum atomic E-state index is 5.65. The minimum atomic E-state index is 0.434. The Balaban J connectivity index is 2.62. The normalized spacial score (nSPS) is 10.7. The van der Waals surface area contributed by atoms with Gasteiger partial charge in [-0.15, -0.1) is 0 Å². The molecule has 0 atom stereocenters. The molecule has 0 bridgehead atoms. The Morgan fingerprint density at radius 1 is 1.28 bits per heavy atom. The summed E-state index contributed by atoms with van der Waals surface area (Å²) in [4.78, 5) is 4.32. The minimum Gasteiger partial charge on any atom is -0.496 e. The maximum absolute atomic E-state index is 5.65. The van der Waals surface area contributed by atoms with Crippen LogP contribution in [0.4, 0.5) is 0 Å². The minimum absolute atomic E-state index is 0.434. The van der Waals surface area contributed by atoms with Gasteiger partial charge in [-0.2, -0.15) is 0 Å². The molecule has 1 aromatic carbocycles. The van der Waals surface area contributed by atoms with E-state index in [1.807, 2.05) is 17.8 Å². The molecule has 0 unspecified atom stereocenters. The Labute approximate surface area is 107 Å². The highest BCUT2D eigenvalue weighted by atomic mass is 16.5. The van der Waals surface area contributed by atoms with Gasteiger partial charge in [-0.05, 0) is 37.1 Å². The predicted octanol–water partition coefficient (Wildman–Crippen LogP) is 2.17. The van der Waals surface area contributed by atoms with Crippen molar-refractivity contribution in [1.82, 2.24) is 9.55 Å². The van der Waals surface area contributed by atoms with Crippen molar-refractivity contribution in [2.24, 2.45) is 12.8 Å². The van der Waals surface area contributed by atoms with Gasteiger partial charge >= 0.3 is 0 Å². The Morgan fingerprint density at radius 2 is 1.94 bits per heavy atom. The molecule has 0 aliphatic heterocycles. The number of aryl methyl sites for hydroxylation is 2. The smallest absolute Gasteiger partial charge is 0.128 e. The van der Waals surface area contributed by atoms with Gasteiger partial charge < -0.3 is 15.0 Å². The number of rotatable bonds is 3. The third kappa shape index (κ3) is 1.99. The number of hydrogen-bond acceptors (Lipinski definition) is 3. The lowest BCUT2D eigenvalue weighted by atomic mass is 10.0. The molecule has 0 radical (unpaired) electrons. The first-order valence-electron chi connectivity index (χ1n) is 5.94. The largest absolute Gasteiger partial charge is 0.496 e. The topological polar surface area (TPSA) is 53.1 Å². The van der Waals surface area contributed by atoms with Gasteiger partial charge in [0.15, 0.2) is 0 Å². The van der Waals surface area contributed by atoms with Crippen LogP contribution in [0.5, 0.6) is 5.75 Å². The van der Waals surface area contributed by atoms with E-state index in [2.05, 4.69) is 31.0 Å². The van der Waals surface area contributed by atoms with Crippen molar-refractivity contribution in [3.05, 3.63) is 35.3 Å². The Hall–Kier alpha value is -1.81. The molecule has 0 saturated carbocycles. The van der Waals surface area contributed by atoms with E-state index in [9.17, 15) is 0 Å². The summed E-state index contributed by atoms with van der Waals surface area (Å²) in [5.41, 5.74) is 10.2. The van der Waals surface area contributed by atoms with Crippen molar-refractivity contribution in [2.45, 2.75) is 20.4 Å². The van der Waals surface area contributed by atoms with Crippen LogP contribution >= 0.6 is 0 Å². The molecule has 0 saturated heterocycles. The third-order valence-electron chi connectivity index (χ3n) is 3.36. The van der Waals surface area contributed by atoms with E-state index < -0.39 is 0 Å². The Kier molecular flexibility index (Phi) is 3.39. The number of aromatic nitrogens is 2. The zero-order chi connectivity index (χ0) is 13.3. The lowest BCUT2D eigenvalue weighted by Gasteiger charge is -2.12. The van der Waals surface area contributed by atoms with Crippen molar-refractivity contribution in [3.63, 3.8) is 0 Å². The van der Waals surface area contributed by atoms with E-state index in [0.29, 0.717) is 6.54 Å². The van der Waals surface area contributed by atoms with E-state index in [0.717, 1.165) is 22.8 Å². The van der Waals surface area contributed by atoms with E-state index in [4.69, 9.17) is 10.5 Å². The van der Waals surface area contributed by atoms with Crippen LogP contribution in [0.2, 0.25) is 0 Å². The molecule has 2 rings (SSSR count). The van der Waals surface area contributed by atoms with Gasteiger partial charge in [-0.1, -0.05) is 0 Å². The Bertz CT molecular complexity index is 573. The van der Waals surface area contributed by atoms with Crippen LogP contribution in [0.1, 0.15) is 17.0 Å². The van der Waals surface area contributed by atoms with Gasteiger partial charge in [0.05, 0.1) is 25.5 Å². The SMILES string of the molecule is COc1cc(C)c(C)cc1-c1cnc(CN)n1C. The van der Waals surface area contributed by atoms with Crippen LogP contribution in [0, 0.1) is 13.8 Å². The molecule has 4 nitrogen and oxygen atoms in total. The first-order valence-corrected chi connectivity index (χ1v) is 5.94. The quantitative estimate of drug-likeness (QED) is 0.901. The second-order valence-corrected chi connectivity index (χ2v) is 4.46. The summed E-state index contributed by atoms with van der Waals surface area (Å²) >= 11 is 0. The fourth-order valence-electron chi connectivity index (χ4n) is 2.05. The molecule has 1 heterocycles. The maximum Gasteiger partial charge on any atom is 0.128 e. The van der Waals surface area contributed by atoms with E-state index in [1.54, 1.807) is 7.11 Å². The molecule has 2 N–H and O–H groups in total. The van der Waals surface area contributed by atoms with Crippen molar-refractivity contribution in [1.29, 1.82) is 0 Å². The van der Waals surface area contributed by atoms with Crippen molar-refractivity contribution in [2.75, 3.05) is 7.11 Å². The lowest BCUT2D eigenvalue weighted by Crippen LogP contribution is -2.06. The Morgan fingerprint density at radius 3 is 2.50 bits per heavy atom. The highest BCUT2D eigenvalue weighted by molar-refractivity contribution is 5.69. The van der Waals surface area contributed by atoms with Crippen LogP contribution in [-0.4, -0.2) is 16.7 Å². The number of ether oxygens (including phenoxy) is 1. The summed E-state index contributed by atoms with van der Waals surface area (Å²) < 4.78 is 7.47. The van der Waals surface area contributed by atoms with E-state index in [-0.39, 0.29) is 0 Å². The summed E-state index contributed by atoms with van der Waals surface area (Å²) in [5.74, 6) is 1.73. The fourth-order valence-corrected chi connectivity index (χ4v) is 2.05. The van der Waals surface area contributed by atoms with Crippen LogP contribution < -0.4 is 10.5 Å². The number of nitrogens with zero attached hydrogens (tertiary/aromatic N) is 2. The van der Waals surface area contributed by atoms with Gasteiger partial charge in [0.1, 0.15) is 11.6 Å². The molecule has 4 heteroatoms. The van der Waals surface area contributed by atoms with Crippen LogP contribution in [0.25, 0.3) is 11.3 Å². The molecular weight excluding hydrogens is 226 g/mol. The van der Waals surface area contributed by atoms with Crippen LogP contribution in [-0.2, 0) is 13.6 Å². The average Bonchev–Trinajstić information content (AvgIpc) is 2.73. The summed E-state index contributed by atoms with van der Waals surface area (Å²) in [5, 5.41) is 0. The van der Waals surface area contributed by atoms with Crippen molar-refractivity contribution >= 4 is 0 Å². The third-order valence-corrected chi connectivity index (χ3v) is 3.36. The van der Waals surface area contributed by atoms with Gasteiger partial charge in [-0.25, -0.2) is 4.98 Å². The summed E-state index contributed by atoms with van der Waals surface area (Å²) in [6.45, 7) is 4.61. The molecule has 1 aromatic heterocycles. The van der Waals surface area contributed by atoms with Crippen LogP contribution in [0.15, 0.2) is 18.3 Å². The summed E-state index contributed by atoms with van der Waals surface area (Å²) in [7, 11) is 3.66. The first kappa shape index (κ1) is 12.6. The number of benzene rings is 1. The van der Waals surface area contributed by atoms with Gasteiger partial charge in [0, 0.05) is 12.6 Å². The zero-order valence-corrected chi connectivity index (χ0v) is 11.3. The monoisotopic (exact) mass is 245 g/mol. The lowest BCUT2D eigenvalue weighted by molar-refractivity contribution is 0.415. The fraction of sp³-hybridized carbons (Fsp3) is 0.357.